The third-order valence-corrected chi connectivity index (χ3v) is 4.37. The van der Waals surface area contributed by atoms with Gasteiger partial charge in [0, 0.05) is 6.04 Å². The standard InChI is InChI=1S/C18H18N2O6/c21-15(22)10-26-13-7-5-11(6-8-13)9-14-16(23)19-18(25)20(17(14)24)12-3-1-2-4-12/h5-9,12H,1-4,10H2,(H,21,22)(H,19,23,25)/p-1/b14-9+. The summed E-state index contributed by atoms with van der Waals surface area (Å²) >= 11 is 0. The number of barbiturate groups is 1. The fourth-order valence-corrected chi connectivity index (χ4v) is 3.13. The van der Waals surface area contributed by atoms with Gasteiger partial charge >= 0.3 is 6.03 Å². The third-order valence-electron chi connectivity index (χ3n) is 4.37. The number of nitrogens with zero attached hydrogens (tertiary/aromatic N) is 1. The van der Waals surface area contributed by atoms with Gasteiger partial charge in [0.2, 0.25) is 0 Å². The summed E-state index contributed by atoms with van der Waals surface area (Å²) in [6, 6.07) is 5.33. The molecule has 1 aromatic carbocycles. The molecule has 8 heteroatoms. The van der Waals surface area contributed by atoms with Crippen LogP contribution in [0.2, 0.25) is 0 Å². The molecule has 8 nitrogen and oxygen atoms in total. The Morgan fingerprint density at radius 1 is 1.19 bits per heavy atom. The Morgan fingerprint density at radius 3 is 2.46 bits per heavy atom. The van der Waals surface area contributed by atoms with Crippen LogP contribution in [0.4, 0.5) is 4.79 Å². The molecule has 1 aliphatic carbocycles. The van der Waals surface area contributed by atoms with Crippen LogP contribution >= 0.6 is 0 Å². The maximum atomic E-state index is 12.7. The maximum absolute atomic E-state index is 12.7. The van der Waals surface area contributed by atoms with Crippen LogP contribution in [0, 0.1) is 0 Å². The second kappa shape index (κ2) is 7.38. The van der Waals surface area contributed by atoms with Crippen LogP contribution in [0.3, 0.4) is 0 Å². The normalized spacial score (nSPS) is 19.8. The molecule has 0 atom stereocenters. The summed E-state index contributed by atoms with van der Waals surface area (Å²) in [5.74, 6) is -2.34. The van der Waals surface area contributed by atoms with Crippen molar-refractivity contribution in [2.45, 2.75) is 31.7 Å². The lowest BCUT2D eigenvalue weighted by Crippen LogP contribution is -2.57. The minimum Gasteiger partial charge on any atom is -0.546 e. The van der Waals surface area contributed by atoms with Crippen molar-refractivity contribution < 1.29 is 29.0 Å². The first-order valence-corrected chi connectivity index (χ1v) is 8.29. The van der Waals surface area contributed by atoms with E-state index in [9.17, 15) is 24.3 Å². The number of carboxylic acid groups (broad SMARTS) is 1. The molecule has 136 valence electrons. The van der Waals surface area contributed by atoms with E-state index in [4.69, 9.17) is 4.74 Å². The number of aliphatic carboxylic acids is 1. The highest BCUT2D eigenvalue weighted by molar-refractivity contribution is 6.31. The van der Waals surface area contributed by atoms with E-state index in [0.29, 0.717) is 11.3 Å². The topological polar surface area (TPSA) is 116 Å². The van der Waals surface area contributed by atoms with Crippen molar-refractivity contribution >= 4 is 29.9 Å². The molecule has 3 rings (SSSR count). The molecule has 0 bridgehead atoms. The Balaban J connectivity index is 1.79. The Labute approximate surface area is 149 Å². The lowest BCUT2D eigenvalue weighted by atomic mass is 10.1. The van der Waals surface area contributed by atoms with E-state index in [1.54, 1.807) is 12.1 Å². The number of imide groups is 2. The van der Waals surface area contributed by atoms with Crippen molar-refractivity contribution in [2.24, 2.45) is 0 Å². The summed E-state index contributed by atoms with van der Waals surface area (Å²) in [7, 11) is 0. The number of carbonyl (C=O) groups excluding carboxylic acids is 4. The molecule has 1 saturated heterocycles. The van der Waals surface area contributed by atoms with E-state index in [1.165, 1.54) is 18.2 Å². The Kier molecular flexibility index (Phi) is 5.01. The molecular weight excluding hydrogens is 340 g/mol. The Hall–Kier alpha value is -3.16. The molecule has 0 radical (unpaired) electrons. The van der Waals surface area contributed by atoms with Gasteiger partial charge in [0.05, 0.1) is 5.97 Å². The predicted molar refractivity (Wildman–Crippen MR) is 87.6 cm³/mol. The fourth-order valence-electron chi connectivity index (χ4n) is 3.13. The molecule has 2 fully saturated rings. The molecule has 4 amide bonds. The number of carboxylic acids is 1. The molecule has 1 heterocycles. The Morgan fingerprint density at radius 2 is 1.85 bits per heavy atom. The van der Waals surface area contributed by atoms with E-state index in [2.05, 4.69) is 5.32 Å². The molecule has 1 aliphatic heterocycles. The van der Waals surface area contributed by atoms with Gasteiger partial charge in [-0.05, 0) is 36.6 Å². The predicted octanol–water partition coefficient (Wildman–Crippen LogP) is 0.220. The number of carbonyl (C=O) groups is 4. The van der Waals surface area contributed by atoms with Gasteiger partial charge in [-0.25, -0.2) is 4.79 Å². The van der Waals surface area contributed by atoms with Crippen LogP contribution in [0.1, 0.15) is 31.2 Å². The van der Waals surface area contributed by atoms with Gasteiger partial charge in [-0.3, -0.25) is 19.8 Å². The van der Waals surface area contributed by atoms with Gasteiger partial charge in [0.1, 0.15) is 17.9 Å². The lowest BCUT2D eigenvalue weighted by Gasteiger charge is -2.31. The second-order valence-corrected chi connectivity index (χ2v) is 6.16. The number of nitrogens with one attached hydrogen (secondary N) is 1. The molecule has 0 unspecified atom stereocenters. The number of hydrogen-bond acceptors (Lipinski definition) is 6. The zero-order valence-electron chi connectivity index (χ0n) is 13.9. The number of rotatable bonds is 5. The van der Waals surface area contributed by atoms with Crippen LogP contribution in [0.15, 0.2) is 29.8 Å². The van der Waals surface area contributed by atoms with Gasteiger partial charge in [-0.1, -0.05) is 25.0 Å². The quantitative estimate of drug-likeness (QED) is 0.595. The number of ether oxygens (including phenoxy) is 1. The van der Waals surface area contributed by atoms with Crippen molar-refractivity contribution in [3.05, 3.63) is 35.4 Å². The first kappa shape index (κ1) is 17.7. The highest BCUT2D eigenvalue weighted by atomic mass is 16.5. The molecule has 1 aromatic rings. The fraction of sp³-hybridized carbons (Fsp3) is 0.333. The highest BCUT2D eigenvalue weighted by Gasteiger charge is 2.40. The van der Waals surface area contributed by atoms with Crippen molar-refractivity contribution in [1.29, 1.82) is 0 Å². The molecule has 2 aliphatic rings. The van der Waals surface area contributed by atoms with Crippen molar-refractivity contribution in [1.82, 2.24) is 10.2 Å². The van der Waals surface area contributed by atoms with E-state index < -0.39 is 30.4 Å². The second-order valence-electron chi connectivity index (χ2n) is 6.16. The molecule has 0 spiro atoms. The van der Waals surface area contributed by atoms with Crippen molar-refractivity contribution in [3.8, 4) is 5.75 Å². The van der Waals surface area contributed by atoms with E-state index in [0.717, 1.165) is 30.6 Å². The van der Waals surface area contributed by atoms with E-state index in [-0.39, 0.29) is 11.6 Å². The monoisotopic (exact) mass is 357 g/mol. The number of hydrogen-bond donors (Lipinski definition) is 1. The molecule has 26 heavy (non-hydrogen) atoms. The van der Waals surface area contributed by atoms with Crippen molar-refractivity contribution in [2.75, 3.05) is 6.61 Å². The summed E-state index contributed by atoms with van der Waals surface area (Å²) in [6.07, 6.45) is 4.77. The largest absolute Gasteiger partial charge is 0.546 e. The number of benzene rings is 1. The van der Waals surface area contributed by atoms with Gasteiger partial charge < -0.3 is 14.6 Å². The van der Waals surface area contributed by atoms with Gasteiger partial charge in [-0.2, -0.15) is 0 Å². The van der Waals surface area contributed by atoms with E-state index >= 15 is 0 Å². The third kappa shape index (κ3) is 3.74. The SMILES string of the molecule is O=C([O-])COc1ccc(/C=C2\C(=O)NC(=O)N(C3CCCC3)C2=O)cc1. The summed E-state index contributed by atoms with van der Waals surface area (Å²) in [5, 5.41) is 12.6. The number of urea groups is 1. The van der Waals surface area contributed by atoms with Crippen LogP contribution in [0.25, 0.3) is 6.08 Å². The van der Waals surface area contributed by atoms with Crippen LogP contribution < -0.4 is 15.2 Å². The first-order chi connectivity index (χ1) is 12.5. The minimum atomic E-state index is -1.34. The summed E-state index contributed by atoms with van der Waals surface area (Å²) in [5.41, 5.74) is 0.435. The smallest absolute Gasteiger partial charge is 0.331 e. The summed E-state index contributed by atoms with van der Waals surface area (Å²) in [6.45, 7) is -0.570. The first-order valence-electron chi connectivity index (χ1n) is 8.29. The summed E-state index contributed by atoms with van der Waals surface area (Å²) < 4.78 is 4.97. The van der Waals surface area contributed by atoms with Crippen LogP contribution in [-0.2, 0) is 14.4 Å². The van der Waals surface area contributed by atoms with E-state index in [1.807, 2.05) is 0 Å². The van der Waals surface area contributed by atoms with Crippen molar-refractivity contribution in [3.63, 3.8) is 0 Å². The molecule has 0 aromatic heterocycles. The van der Waals surface area contributed by atoms with Crippen LogP contribution in [0.5, 0.6) is 5.75 Å². The summed E-state index contributed by atoms with van der Waals surface area (Å²) in [4.78, 5) is 48.3. The zero-order valence-corrected chi connectivity index (χ0v) is 13.9. The Bertz CT molecular complexity index is 777. The molecule has 1 N–H and O–H groups in total. The average molecular weight is 357 g/mol. The lowest BCUT2D eigenvalue weighted by molar-refractivity contribution is -0.307. The maximum Gasteiger partial charge on any atom is 0.331 e. The van der Waals surface area contributed by atoms with Gasteiger partial charge in [0.25, 0.3) is 11.8 Å². The zero-order chi connectivity index (χ0) is 18.7. The molecule has 1 saturated carbocycles. The highest BCUT2D eigenvalue weighted by Crippen LogP contribution is 2.27. The van der Waals surface area contributed by atoms with Gasteiger partial charge in [-0.15, -0.1) is 0 Å². The average Bonchev–Trinajstić information content (AvgIpc) is 3.11. The van der Waals surface area contributed by atoms with Gasteiger partial charge in [0.15, 0.2) is 0 Å². The number of amides is 4. The minimum absolute atomic E-state index is 0.111. The van der Waals surface area contributed by atoms with Crippen LogP contribution in [-0.4, -0.2) is 41.4 Å². The molecular formula is C18H17N2O6-.